The largest absolute Gasteiger partial charge is 0.444 e. The van der Waals surface area contributed by atoms with Gasteiger partial charge in [-0.2, -0.15) is 0 Å². The number of nitrogens with one attached hydrogen (secondary N) is 2. The third-order valence-corrected chi connectivity index (χ3v) is 2.93. The molecule has 0 aliphatic carbocycles. The van der Waals surface area contributed by atoms with Crippen LogP contribution < -0.4 is 10.6 Å². The van der Waals surface area contributed by atoms with Crippen molar-refractivity contribution < 1.29 is 14.3 Å². The van der Waals surface area contributed by atoms with Gasteiger partial charge in [-0.3, -0.25) is 4.79 Å². The quantitative estimate of drug-likeness (QED) is 0.879. The summed E-state index contributed by atoms with van der Waals surface area (Å²) in [7, 11) is 0. The normalized spacial score (nSPS) is 11.2. The number of rotatable bonds is 5. The summed E-state index contributed by atoms with van der Waals surface area (Å²) in [5, 5.41) is 5.18. The lowest BCUT2D eigenvalue weighted by atomic mass is 10.0. The molecule has 0 fully saturated rings. The Kier molecular flexibility index (Phi) is 6.40. The monoisotopic (exact) mass is 306 g/mol. The first-order valence-corrected chi connectivity index (χ1v) is 7.50. The van der Waals surface area contributed by atoms with Crippen LogP contribution in [0.2, 0.25) is 0 Å². The summed E-state index contributed by atoms with van der Waals surface area (Å²) in [6, 6.07) is 8.12. The summed E-state index contributed by atoms with van der Waals surface area (Å²) in [5.41, 5.74) is 1.72. The van der Waals surface area contributed by atoms with Crippen molar-refractivity contribution in [2.75, 3.05) is 6.54 Å². The average molecular weight is 306 g/mol. The van der Waals surface area contributed by atoms with Gasteiger partial charge in [0.2, 0.25) is 5.91 Å². The highest BCUT2D eigenvalue weighted by Gasteiger charge is 2.16. The van der Waals surface area contributed by atoms with E-state index in [4.69, 9.17) is 4.74 Å². The van der Waals surface area contributed by atoms with Crippen LogP contribution in [0.25, 0.3) is 0 Å². The second kappa shape index (κ2) is 7.82. The Morgan fingerprint density at radius 2 is 1.68 bits per heavy atom. The van der Waals surface area contributed by atoms with Crippen LogP contribution in [-0.2, 0) is 16.1 Å². The number of amides is 2. The first kappa shape index (κ1) is 18.0. The Hall–Kier alpha value is -2.04. The summed E-state index contributed by atoms with van der Waals surface area (Å²) in [4.78, 5) is 23.1. The molecule has 0 aromatic heterocycles. The van der Waals surface area contributed by atoms with E-state index in [9.17, 15) is 9.59 Å². The highest BCUT2D eigenvalue weighted by Crippen LogP contribution is 2.14. The molecule has 0 saturated carbocycles. The summed E-state index contributed by atoms with van der Waals surface area (Å²) < 4.78 is 5.06. The number of alkyl carbamates (subject to hydrolysis) is 1. The molecule has 0 saturated heterocycles. The third-order valence-electron chi connectivity index (χ3n) is 2.93. The number of carbonyl (C=O) groups excluding carboxylic acids is 2. The molecule has 1 rings (SSSR count). The van der Waals surface area contributed by atoms with E-state index in [1.54, 1.807) is 20.8 Å². The summed E-state index contributed by atoms with van der Waals surface area (Å²) >= 11 is 0. The molecule has 2 amide bonds. The van der Waals surface area contributed by atoms with Gasteiger partial charge < -0.3 is 15.4 Å². The van der Waals surface area contributed by atoms with Crippen molar-refractivity contribution in [3.05, 3.63) is 35.4 Å². The smallest absolute Gasteiger partial charge is 0.408 e. The first-order chi connectivity index (χ1) is 10.2. The van der Waals surface area contributed by atoms with E-state index in [-0.39, 0.29) is 12.5 Å². The van der Waals surface area contributed by atoms with Crippen LogP contribution in [0.5, 0.6) is 0 Å². The van der Waals surface area contributed by atoms with E-state index in [0.29, 0.717) is 12.5 Å². The highest BCUT2D eigenvalue weighted by molar-refractivity contribution is 5.82. The lowest BCUT2D eigenvalue weighted by molar-refractivity contribution is -0.120. The molecule has 1 aromatic rings. The van der Waals surface area contributed by atoms with Crippen molar-refractivity contribution in [2.24, 2.45) is 0 Å². The molecular weight excluding hydrogens is 280 g/mol. The van der Waals surface area contributed by atoms with Crippen molar-refractivity contribution in [1.82, 2.24) is 10.6 Å². The lowest BCUT2D eigenvalue weighted by Gasteiger charge is -2.19. The third kappa shape index (κ3) is 7.11. The minimum Gasteiger partial charge on any atom is -0.444 e. The molecule has 0 radical (unpaired) electrons. The van der Waals surface area contributed by atoms with Crippen molar-refractivity contribution in [3.8, 4) is 0 Å². The zero-order chi connectivity index (χ0) is 16.8. The minimum atomic E-state index is -0.594. The predicted molar refractivity (Wildman–Crippen MR) is 86.6 cm³/mol. The van der Waals surface area contributed by atoms with Crippen LogP contribution in [0.3, 0.4) is 0 Å². The molecule has 5 heteroatoms. The molecule has 0 spiro atoms. The first-order valence-electron chi connectivity index (χ1n) is 7.50. The van der Waals surface area contributed by atoms with Crippen LogP contribution in [0, 0.1) is 0 Å². The summed E-state index contributed by atoms with van der Waals surface area (Å²) in [6.45, 7) is 9.93. The highest BCUT2D eigenvalue weighted by atomic mass is 16.6. The number of hydrogen-bond donors (Lipinski definition) is 2. The van der Waals surface area contributed by atoms with Gasteiger partial charge in [-0.05, 0) is 37.8 Å². The Balaban J connectivity index is 2.32. The molecular formula is C17H26N2O3. The van der Waals surface area contributed by atoms with Crippen molar-refractivity contribution >= 4 is 12.0 Å². The number of carbonyl (C=O) groups is 2. The van der Waals surface area contributed by atoms with Gasteiger partial charge in [0.1, 0.15) is 12.1 Å². The molecule has 0 aliphatic rings. The molecule has 122 valence electrons. The van der Waals surface area contributed by atoms with E-state index in [0.717, 1.165) is 5.56 Å². The zero-order valence-electron chi connectivity index (χ0n) is 14.0. The van der Waals surface area contributed by atoms with Crippen LogP contribution in [0.1, 0.15) is 51.7 Å². The number of ether oxygens (including phenoxy) is 1. The van der Waals surface area contributed by atoms with E-state index in [1.165, 1.54) is 5.56 Å². The van der Waals surface area contributed by atoms with E-state index >= 15 is 0 Å². The van der Waals surface area contributed by atoms with Gasteiger partial charge in [0.25, 0.3) is 0 Å². The summed E-state index contributed by atoms with van der Waals surface area (Å²) in [6.07, 6.45) is -0.594. The molecule has 0 aliphatic heterocycles. The Bertz CT molecular complexity index is 502. The predicted octanol–water partition coefficient (Wildman–Crippen LogP) is 2.95. The fourth-order valence-electron chi connectivity index (χ4n) is 1.75. The molecule has 0 bridgehead atoms. The fraction of sp³-hybridized carbons (Fsp3) is 0.529. The van der Waals surface area contributed by atoms with Gasteiger partial charge in [0.05, 0.1) is 0 Å². The van der Waals surface area contributed by atoms with Gasteiger partial charge >= 0.3 is 6.09 Å². The molecule has 0 atom stereocenters. The average Bonchev–Trinajstić information content (AvgIpc) is 2.41. The molecule has 22 heavy (non-hydrogen) atoms. The van der Waals surface area contributed by atoms with Crippen LogP contribution >= 0.6 is 0 Å². The van der Waals surface area contributed by atoms with Crippen molar-refractivity contribution in [3.63, 3.8) is 0 Å². The maximum absolute atomic E-state index is 11.7. The van der Waals surface area contributed by atoms with Crippen molar-refractivity contribution in [1.29, 1.82) is 0 Å². The standard InChI is InChI=1S/C17H26N2O3/c1-12(2)14-8-6-13(7-9-14)10-18-15(20)11-19-16(21)22-17(3,4)5/h6-9,12H,10-11H2,1-5H3,(H,18,20)(H,19,21). The van der Waals surface area contributed by atoms with Crippen molar-refractivity contribution in [2.45, 2.75) is 52.7 Å². The Morgan fingerprint density at radius 3 is 2.18 bits per heavy atom. The SMILES string of the molecule is CC(C)c1ccc(CNC(=O)CNC(=O)OC(C)(C)C)cc1. The maximum Gasteiger partial charge on any atom is 0.408 e. The van der Waals surface area contributed by atoms with Crippen LogP contribution in [0.4, 0.5) is 4.79 Å². The van der Waals surface area contributed by atoms with E-state index in [1.807, 2.05) is 12.1 Å². The molecule has 1 aromatic carbocycles. The second-order valence-corrected chi connectivity index (χ2v) is 6.53. The second-order valence-electron chi connectivity index (χ2n) is 6.53. The van der Waals surface area contributed by atoms with Gasteiger partial charge in [-0.15, -0.1) is 0 Å². The molecule has 2 N–H and O–H groups in total. The van der Waals surface area contributed by atoms with E-state index < -0.39 is 11.7 Å². The maximum atomic E-state index is 11.7. The Morgan fingerprint density at radius 1 is 1.09 bits per heavy atom. The zero-order valence-corrected chi connectivity index (χ0v) is 14.0. The lowest BCUT2D eigenvalue weighted by Crippen LogP contribution is -2.39. The van der Waals surface area contributed by atoms with Gasteiger partial charge in [0, 0.05) is 6.54 Å². The Labute approximate surface area is 132 Å². The fourth-order valence-corrected chi connectivity index (χ4v) is 1.75. The van der Waals surface area contributed by atoms with E-state index in [2.05, 4.69) is 36.6 Å². The van der Waals surface area contributed by atoms with Crippen LogP contribution in [-0.4, -0.2) is 24.1 Å². The molecule has 0 heterocycles. The minimum absolute atomic E-state index is 0.0982. The molecule has 5 nitrogen and oxygen atoms in total. The van der Waals surface area contributed by atoms with Crippen LogP contribution in [0.15, 0.2) is 24.3 Å². The molecule has 0 unspecified atom stereocenters. The summed E-state index contributed by atoms with van der Waals surface area (Å²) in [5.74, 6) is 0.237. The van der Waals surface area contributed by atoms with Gasteiger partial charge in [-0.25, -0.2) is 4.79 Å². The van der Waals surface area contributed by atoms with Gasteiger partial charge in [-0.1, -0.05) is 38.1 Å². The topological polar surface area (TPSA) is 67.4 Å². The van der Waals surface area contributed by atoms with Gasteiger partial charge in [0.15, 0.2) is 0 Å². The number of hydrogen-bond acceptors (Lipinski definition) is 3. The number of benzene rings is 1.